The summed E-state index contributed by atoms with van der Waals surface area (Å²) < 4.78 is 0. The van der Waals surface area contributed by atoms with Crippen LogP contribution in [0, 0.1) is 5.92 Å². The van der Waals surface area contributed by atoms with Crippen molar-refractivity contribution in [3.05, 3.63) is 54.6 Å². The van der Waals surface area contributed by atoms with E-state index in [1.54, 1.807) is 18.6 Å². The Bertz CT molecular complexity index is 969. The number of carbonyl (C=O) groups excluding carboxylic acids is 1. The van der Waals surface area contributed by atoms with Crippen molar-refractivity contribution in [2.45, 2.75) is 31.6 Å². The molecule has 150 valence electrons. The molecule has 6 nitrogen and oxygen atoms in total. The highest BCUT2D eigenvalue weighted by Crippen LogP contribution is 2.34. The fourth-order valence-corrected chi connectivity index (χ4v) is 4.91. The minimum Gasteiger partial charge on any atom is -0.361 e. The molecule has 2 aliphatic rings. The van der Waals surface area contributed by atoms with Gasteiger partial charge in [-0.15, -0.1) is 0 Å². The summed E-state index contributed by atoms with van der Waals surface area (Å²) in [4.78, 5) is 29.3. The van der Waals surface area contributed by atoms with Crippen molar-refractivity contribution < 1.29 is 4.79 Å². The third-order valence-corrected chi connectivity index (χ3v) is 6.59. The third-order valence-electron chi connectivity index (χ3n) is 6.59. The van der Waals surface area contributed by atoms with Gasteiger partial charge in [-0.2, -0.15) is 0 Å². The first-order chi connectivity index (χ1) is 14.3. The highest BCUT2D eigenvalue weighted by Gasteiger charge is 2.32. The molecule has 2 aliphatic heterocycles. The van der Waals surface area contributed by atoms with Crippen LogP contribution >= 0.6 is 0 Å². The smallest absolute Gasteiger partial charge is 0.225 e. The number of nitrogens with one attached hydrogen (secondary N) is 1. The minimum absolute atomic E-state index is 0.146. The Morgan fingerprint density at radius 1 is 1.00 bits per heavy atom. The number of amides is 1. The van der Waals surface area contributed by atoms with Gasteiger partial charge in [0.05, 0.1) is 6.20 Å². The first-order valence-corrected chi connectivity index (χ1v) is 10.7. The van der Waals surface area contributed by atoms with Gasteiger partial charge in [0.1, 0.15) is 5.82 Å². The number of hydrogen-bond acceptors (Lipinski definition) is 4. The van der Waals surface area contributed by atoms with Gasteiger partial charge < -0.3 is 14.8 Å². The number of piperidine rings is 2. The number of aromatic nitrogens is 3. The van der Waals surface area contributed by atoms with E-state index in [1.807, 2.05) is 0 Å². The highest BCUT2D eigenvalue weighted by atomic mass is 16.2. The Morgan fingerprint density at radius 3 is 2.55 bits per heavy atom. The van der Waals surface area contributed by atoms with E-state index >= 15 is 0 Å². The largest absolute Gasteiger partial charge is 0.361 e. The lowest BCUT2D eigenvalue weighted by atomic mass is 9.88. The zero-order valence-electron chi connectivity index (χ0n) is 16.6. The van der Waals surface area contributed by atoms with Gasteiger partial charge in [-0.1, -0.05) is 18.2 Å². The molecule has 5 rings (SSSR count). The molecule has 1 aromatic carbocycles. The maximum atomic E-state index is 13.1. The van der Waals surface area contributed by atoms with E-state index in [0.29, 0.717) is 11.8 Å². The predicted octanol–water partition coefficient (Wildman–Crippen LogP) is 3.58. The van der Waals surface area contributed by atoms with Crippen molar-refractivity contribution in [2.24, 2.45) is 5.92 Å². The molecular weight excluding hydrogens is 362 g/mol. The van der Waals surface area contributed by atoms with Crippen LogP contribution in [0.15, 0.2) is 49.1 Å². The van der Waals surface area contributed by atoms with Crippen LogP contribution in [0.3, 0.4) is 0 Å². The molecule has 0 atom stereocenters. The quantitative estimate of drug-likeness (QED) is 0.744. The number of aromatic amines is 1. The van der Waals surface area contributed by atoms with Crippen LogP contribution in [0.2, 0.25) is 0 Å². The molecule has 4 heterocycles. The second kappa shape index (κ2) is 7.85. The maximum absolute atomic E-state index is 13.1. The highest BCUT2D eigenvalue weighted by molar-refractivity contribution is 5.84. The Balaban J connectivity index is 1.17. The SMILES string of the molecule is O=C(C1CCN(c2cnccn2)CC1)N1CCC(c2c[nH]c3ccccc23)CC1. The first kappa shape index (κ1) is 18.2. The number of likely N-dealkylation sites (tertiary alicyclic amines) is 1. The first-order valence-electron chi connectivity index (χ1n) is 10.7. The Hall–Kier alpha value is -2.89. The van der Waals surface area contributed by atoms with Gasteiger partial charge in [-0.25, -0.2) is 4.98 Å². The number of carbonyl (C=O) groups is 1. The monoisotopic (exact) mass is 389 g/mol. The van der Waals surface area contributed by atoms with Gasteiger partial charge in [0.15, 0.2) is 0 Å². The molecule has 0 spiro atoms. The summed E-state index contributed by atoms with van der Waals surface area (Å²) >= 11 is 0. The lowest BCUT2D eigenvalue weighted by Gasteiger charge is -2.37. The Kier molecular flexibility index (Phi) is 4.92. The van der Waals surface area contributed by atoms with Gasteiger partial charge in [-0.3, -0.25) is 9.78 Å². The number of benzene rings is 1. The number of para-hydroxylation sites is 1. The Labute approximate surface area is 171 Å². The molecule has 2 saturated heterocycles. The second-order valence-electron chi connectivity index (χ2n) is 8.21. The van der Waals surface area contributed by atoms with Crippen LogP contribution in [0.25, 0.3) is 10.9 Å². The molecule has 6 heteroatoms. The topological polar surface area (TPSA) is 65.1 Å². The fourth-order valence-electron chi connectivity index (χ4n) is 4.91. The second-order valence-corrected chi connectivity index (χ2v) is 8.21. The summed E-state index contributed by atoms with van der Waals surface area (Å²) in [5, 5.41) is 1.33. The van der Waals surface area contributed by atoms with Crippen LogP contribution < -0.4 is 4.90 Å². The van der Waals surface area contributed by atoms with E-state index in [-0.39, 0.29) is 5.92 Å². The van der Waals surface area contributed by atoms with E-state index in [2.05, 4.69) is 55.2 Å². The van der Waals surface area contributed by atoms with Crippen LogP contribution in [0.1, 0.15) is 37.2 Å². The lowest BCUT2D eigenvalue weighted by Crippen LogP contribution is -2.45. The number of hydrogen-bond donors (Lipinski definition) is 1. The van der Waals surface area contributed by atoms with Crippen molar-refractivity contribution in [3.8, 4) is 0 Å². The molecule has 2 fully saturated rings. The lowest BCUT2D eigenvalue weighted by molar-refractivity contribution is -0.137. The summed E-state index contributed by atoms with van der Waals surface area (Å²) in [6.45, 7) is 3.49. The van der Waals surface area contributed by atoms with Gasteiger partial charge >= 0.3 is 0 Å². The van der Waals surface area contributed by atoms with Crippen molar-refractivity contribution >= 4 is 22.6 Å². The summed E-state index contributed by atoms with van der Waals surface area (Å²) in [5.41, 5.74) is 2.61. The van der Waals surface area contributed by atoms with Crippen molar-refractivity contribution in [3.63, 3.8) is 0 Å². The summed E-state index contributed by atoms with van der Waals surface area (Å²) in [6, 6.07) is 8.50. The molecule has 0 aliphatic carbocycles. The van der Waals surface area contributed by atoms with E-state index in [0.717, 1.165) is 57.7 Å². The van der Waals surface area contributed by atoms with Crippen LogP contribution in [0.5, 0.6) is 0 Å². The van der Waals surface area contributed by atoms with Crippen LogP contribution in [-0.4, -0.2) is 51.9 Å². The molecule has 2 aromatic heterocycles. The van der Waals surface area contributed by atoms with Crippen molar-refractivity contribution in [1.29, 1.82) is 0 Å². The number of H-pyrrole nitrogens is 1. The standard InChI is InChI=1S/C23H27N5O/c29-23(18-7-11-27(12-8-18)22-16-24-9-10-25-22)28-13-5-17(6-14-28)20-15-26-21-4-2-1-3-19(20)21/h1-4,9-10,15-18,26H,5-8,11-14H2. The molecule has 0 radical (unpaired) electrons. The predicted molar refractivity (Wildman–Crippen MR) is 114 cm³/mol. The summed E-state index contributed by atoms with van der Waals surface area (Å²) in [5.74, 6) is 1.94. The molecule has 0 bridgehead atoms. The van der Waals surface area contributed by atoms with Gasteiger partial charge in [0.2, 0.25) is 5.91 Å². The van der Waals surface area contributed by atoms with Gasteiger partial charge in [-0.05, 0) is 43.2 Å². The zero-order valence-corrected chi connectivity index (χ0v) is 16.6. The van der Waals surface area contributed by atoms with Gasteiger partial charge in [0, 0.05) is 61.6 Å². The minimum atomic E-state index is 0.146. The average Bonchev–Trinajstić information content (AvgIpc) is 3.24. The number of nitrogens with zero attached hydrogens (tertiary/aromatic N) is 4. The van der Waals surface area contributed by atoms with Gasteiger partial charge in [0.25, 0.3) is 0 Å². The molecule has 29 heavy (non-hydrogen) atoms. The normalized spacial score (nSPS) is 19.0. The average molecular weight is 390 g/mol. The number of anilines is 1. The maximum Gasteiger partial charge on any atom is 0.225 e. The van der Waals surface area contributed by atoms with E-state index < -0.39 is 0 Å². The van der Waals surface area contributed by atoms with Crippen LogP contribution in [-0.2, 0) is 4.79 Å². The Morgan fingerprint density at radius 2 is 1.79 bits per heavy atom. The number of rotatable bonds is 3. The fraction of sp³-hybridized carbons (Fsp3) is 0.435. The zero-order chi connectivity index (χ0) is 19.6. The molecular formula is C23H27N5O. The van der Waals surface area contributed by atoms with Crippen LogP contribution in [0.4, 0.5) is 5.82 Å². The molecule has 3 aromatic rings. The molecule has 0 saturated carbocycles. The summed E-state index contributed by atoms with van der Waals surface area (Å²) in [7, 11) is 0. The van der Waals surface area contributed by atoms with E-state index in [1.165, 1.54) is 16.5 Å². The number of fused-ring (bicyclic) bond motifs is 1. The molecule has 1 N–H and O–H groups in total. The van der Waals surface area contributed by atoms with Crippen molar-refractivity contribution in [2.75, 3.05) is 31.1 Å². The van der Waals surface area contributed by atoms with E-state index in [9.17, 15) is 4.79 Å². The molecule has 1 amide bonds. The molecule has 0 unspecified atom stereocenters. The summed E-state index contributed by atoms with van der Waals surface area (Å²) in [6.07, 6.45) is 11.3. The van der Waals surface area contributed by atoms with E-state index in [4.69, 9.17) is 0 Å². The third kappa shape index (κ3) is 3.59. The van der Waals surface area contributed by atoms with Crippen molar-refractivity contribution in [1.82, 2.24) is 19.9 Å².